The number of carbonyl (C=O) groups excluding carboxylic acids is 2. The summed E-state index contributed by atoms with van der Waals surface area (Å²) in [5, 5.41) is 6.82. The zero-order valence-electron chi connectivity index (χ0n) is 14.9. The fraction of sp³-hybridized carbons (Fsp3) is 0.278. The van der Waals surface area contributed by atoms with E-state index in [1.165, 1.54) is 4.90 Å². The normalized spacial score (nSPS) is 16.0. The maximum absolute atomic E-state index is 12.2. The van der Waals surface area contributed by atoms with E-state index in [2.05, 4.69) is 31.7 Å². The van der Waals surface area contributed by atoms with Gasteiger partial charge in [-0.2, -0.15) is 0 Å². The van der Waals surface area contributed by atoms with E-state index in [1.54, 1.807) is 37.6 Å². The second-order valence-electron chi connectivity index (χ2n) is 6.73. The molecule has 1 fully saturated rings. The molecule has 0 aromatic carbocycles. The number of anilines is 1. The molecule has 9 heteroatoms. The highest BCUT2D eigenvalue weighted by Crippen LogP contribution is 2.32. The number of nitrogens with zero attached hydrogens (tertiary/aromatic N) is 4. The second kappa shape index (κ2) is 6.58. The molecule has 3 aromatic heterocycles. The van der Waals surface area contributed by atoms with E-state index in [1.807, 2.05) is 18.3 Å². The molecule has 3 amide bonds. The minimum absolute atomic E-state index is 0.233. The summed E-state index contributed by atoms with van der Waals surface area (Å²) in [6, 6.07) is 5.50. The molecule has 3 aromatic rings. The van der Waals surface area contributed by atoms with Crippen LogP contribution in [0.1, 0.15) is 13.8 Å². The summed E-state index contributed by atoms with van der Waals surface area (Å²) in [7, 11) is 0. The number of nitrogens with one attached hydrogen (secondary N) is 2. The van der Waals surface area contributed by atoms with Crippen LogP contribution in [0.25, 0.3) is 20.7 Å². The third-order valence-corrected chi connectivity index (χ3v) is 5.43. The Kier molecular flexibility index (Phi) is 4.23. The maximum atomic E-state index is 12.2. The molecule has 4 heterocycles. The Morgan fingerprint density at radius 3 is 2.85 bits per heavy atom. The minimum Gasteiger partial charge on any atom is -0.352 e. The van der Waals surface area contributed by atoms with Crippen LogP contribution in [0.15, 0.2) is 36.8 Å². The van der Waals surface area contributed by atoms with Gasteiger partial charge in [0.1, 0.15) is 5.54 Å². The van der Waals surface area contributed by atoms with Crippen molar-refractivity contribution >= 4 is 39.3 Å². The molecule has 0 spiro atoms. The monoisotopic (exact) mass is 382 g/mol. The van der Waals surface area contributed by atoms with Gasteiger partial charge in [0.2, 0.25) is 5.95 Å². The number of rotatable bonds is 5. The first-order valence-corrected chi connectivity index (χ1v) is 9.31. The van der Waals surface area contributed by atoms with Crippen molar-refractivity contribution in [1.29, 1.82) is 0 Å². The molecule has 0 bridgehead atoms. The second-order valence-corrected chi connectivity index (χ2v) is 7.81. The van der Waals surface area contributed by atoms with Gasteiger partial charge in [0.05, 0.1) is 10.6 Å². The third kappa shape index (κ3) is 3.33. The Morgan fingerprint density at radius 2 is 2.11 bits per heavy atom. The smallest absolute Gasteiger partial charge is 0.325 e. The summed E-state index contributed by atoms with van der Waals surface area (Å²) in [6.45, 7) is 3.99. The summed E-state index contributed by atoms with van der Waals surface area (Å²) in [6.07, 6.45) is 5.28. The van der Waals surface area contributed by atoms with Gasteiger partial charge in [-0.15, -0.1) is 11.3 Å². The van der Waals surface area contributed by atoms with Gasteiger partial charge >= 0.3 is 6.03 Å². The van der Waals surface area contributed by atoms with E-state index in [4.69, 9.17) is 0 Å². The molecule has 0 radical (unpaired) electrons. The summed E-state index contributed by atoms with van der Waals surface area (Å²) in [4.78, 5) is 39.2. The van der Waals surface area contributed by atoms with Crippen LogP contribution in [-0.2, 0) is 4.79 Å². The van der Waals surface area contributed by atoms with Crippen molar-refractivity contribution in [2.45, 2.75) is 19.4 Å². The number of hydrogen-bond acceptors (Lipinski definition) is 7. The van der Waals surface area contributed by atoms with Gasteiger partial charge in [0, 0.05) is 41.8 Å². The van der Waals surface area contributed by atoms with Gasteiger partial charge < -0.3 is 10.6 Å². The number of pyridine rings is 1. The number of hydrogen-bond donors (Lipinski definition) is 2. The van der Waals surface area contributed by atoms with E-state index in [-0.39, 0.29) is 18.5 Å². The van der Waals surface area contributed by atoms with Crippen molar-refractivity contribution in [3.8, 4) is 10.6 Å². The van der Waals surface area contributed by atoms with Crippen LogP contribution < -0.4 is 10.6 Å². The topological polar surface area (TPSA) is 100 Å². The molecule has 0 atom stereocenters. The van der Waals surface area contributed by atoms with Gasteiger partial charge in [-0.1, -0.05) is 0 Å². The number of amides is 3. The molecule has 1 aliphatic rings. The van der Waals surface area contributed by atoms with Crippen molar-refractivity contribution in [3.63, 3.8) is 0 Å². The standard InChI is InChI=1S/C18H18N6O2S/c1-18(2)15(25)24(17(26)23-18)8-7-21-16-20-6-3-12(22-16)14-9-11-10-19-5-4-13(11)27-14/h3-6,9-10H,7-8H2,1-2H3,(H,23,26)(H,20,21,22). The van der Waals surface area contributed by atoms with Crippen LogP contribution >= 0.6 is 11.3 Å². The number of imide groups is 1. The summed E-state index contributed by atoms with van der Waals surface area (Å²) in [5.74, 6) is 0.220. The van der Waals surface area contributed by atoms with Crippen molar-refractivity contribution in [3.05, 3.63) is 36.8 Å². The number of fused-ring (bicyclic) bond motifs is 1. The predicted octanol–water partition coefficient (Wildman–Crippen LogP) is 2.50. The molecule has 27 heavy (non-hydrogen) atoms. The van der Waals surface area contributed by atoms with Gasteiger partial charge in [0.15, 0.2) is 0 Å². The summed E-state index contributed by atoms with van der Waals surface area (Å²) >= 11 is 1.64. The highest BCUT2D eigenvalue weighted by molar-refractivity contribution is 7.22. The molecule has 0 unspecified atom stereocenters. The summed E-state index contributed by atoms with van der Waals surface area (Å²) < 4.78 is 1.15. The highest BCUT2D eigenvalue weighted by atomic mass is 32.1. The number of aromatic nitrogens is 3. The first kappa shape index (κ1) is 17.3. The zero-order chi connectivity index (χ0) is 19.0. The number of carbonyl (C=O) groups is 2. The quantitative estimate of drug-likeness (QED) is 0.658. The van der Waals surface area contributed by atoms with Gasteiger partial charge in [0.25, 0.3) is 5.91 Å². The lowest BCUT2D eigenvalue weighted by Crippen LogP contribution is -2.40. The molecule has 1 saturated heterocycles. The summed E-state index contributed by atoms with van der Waals surface area (Å²) in [5.41, 5.74) is -0.0476. The SMILES string of the molecule is CC1(C)NC(=O)N(CCNc2nccc(-c3cc4cnccc4s3)n2)C1=O. The number of urea groups is 1. The minimum atomic E-state index is -0.858. The average Bonchev–Trinajstić information content (AvgIpc) is 3.16. The molecule has 138 valence electrons. The molecular weight excluding hydrogens is 364 g/mol. The van der Waals surface area contributed by atoms with Crippen LogP contribution in [0.3, 0.4) is 0 Å². The first-order valence-electron chi connectivity index (χ1n) is 8.49. The molecule has 8 nitrogen and oxygen atoms in total. The van der Waals surface area contributed by atoms with Crippen LogP contribution in [-0.4, -0.2) is 50.4 Å². The first-order chi connectivity index (χ1) is 12.9. The molecule has 0 saturated carbocycles. The Labute approximate surface area is 159 Å². The van der Waals surface area contributed by atoms with Crippen molar-refractivity contribution in [2.24, 2.45) is 0 Å². The largest absolute Gasteiger partial charge is 0.352 e. The molecular formula is C18H18N6O2S. The van der Waals surface area contributed by atoms with E-state index >= 15 is 0 Å². The fourth-order valence-electron chi connectivity index (χ4n) is 2.89. The van der Waals surface area contributed by atoms with Crippen LogP contribution in [0.2, 0.25) is 0 Å². The van der Waals surface area contributed by atoms with Gasteiger partial charge in [-0.05, 0) is 32.0 Å². The van der Waals surface area contributed by atoms with Crippen molar-refractivity contribution in [1.82, 2.24) is 25.2 Å². The molecule has 4 rings (SSSR count). The van der Waals surface area contributed by atoms with Crippen LogP contribution in [0.5, 0.6) is 0 Å². The van der Waals surface area contributed by atoms with E-state index in [0.29, 0.717) is 12.5 Å². The lowest BCUT2D eigenvalue weighted by molar-refractivity contribution is -0.130. The molecule has 2 N–H and O–H groups in total. The van der Waals surface area contributed by atoms with Crippen LogP contribution in [0.4, 0.5) is 10.7 Å². The van der Waals surface area contributed by atoms with Crippen molar-refractivity contribution in [2.75, 3.05) is 18.4 Å². The van der Waals surface area contributed by atoms with Gasteiger partial charge in [-0.3, -0.25) is 14.7 Å². The number of thiophene rings is 1. The molecule has 1 aliphatic heterocycles. The Hall–Kier alpha value is -3.07. The predicted molar refractivity (Wildman–Crippen MR) is 103 cm³/mol. The van der Waals surface area contributed by atoms with E-state index in [0.717, 1.165) is 20.7 Å². The van der Waals surface area contributed by atoms with Crippen molar-refractivity contribution < 1.29 is 9.59 Å². The maximum Gasteiger partial charge on any atom is 0.325 e. The van der Waals surface area contributed by atoms with E-state index < -0.39 is 5.54 Å². The Balaban J connectivity index is 1.44. The van der Waals surface area contributed by atoms with Crippen LogP contribution in [0, 0.1) is 0 Å². The molecule has 0 aliphatic carbocycles. The fourth-order valence-corrected chi connectivity index (χ4v) is 3.89. The lowest BCUT2D eigenvalue weighted by Gasteiger charge is -2.16. The lowest BCUT2D eigenvalue weighted by atomic mass is 10.1. The Bertz CT molecular complexity index is 998. The third-order valence-electron chi connectivity index (χ3n) is 4.29. The van der Waals surface area contributed by atoms with E-state index in [9.17, 15) is 9.59 Å². The highest BCUT2D eigenvalue weighted by Gasteiger charge is 2.43. The zero-order valence-corrected chi connectivity index (χ0v) is 15.7. The Morgan fingerprint density at radius 1 is 1.26 bits per heavy atom. The average molecular weight is 382 g/mol. The van der Waals surface area contributed by atoms with Gasteiger partial charge in [-0.25, -0.2) is 14.8 Å².